The van der Waals surface area contributed by atoms with Gasteiger partial charge in [-0.1, -0.05) is 157 Å². The number of aliphatic carboxylic acids is 1. The number of esters is 1. The molecule has 0 amide bonds. The van der Waals surface area contributed by atoms with E-state index in [4.69, 9.17) is 9.84 Å². The number of carboxylic acid groups (broad SMARTS) is 1. The molecule has 0 fully saturated rings. The maximum Gasteiger partial charge on any atom is 0.306 e. The van der Waals surface area contributed by atoms with Crippen LogP contribution in [0.25, 0.3) is 0 Å². The zero-order chi connectivity index (χ0) is 35.0. The lowest BCUT2D eigenvalue weighted by atomic mass is 10.1. The van der Waals surface area contributed by atoms with Crippen molar-refractivity contribution in [1.82, 2.24) is 0 Å². The van der Waals surface area contributed by atoms with E-state index in [1.54, 1.807) is 0 Å². The van der Waals surface area contributed by atoms with Gasteiger partial charge in [0, 0.05) is 12.8 Å². The van der Waals surface area contributed by atoms with Crippen molar-refractivity contribution in [1.29, 1.82) is 0 Å². The van der Waals surface area contributed by atoms with Crippen molar-refractivity contribution in [2.45, 2.75) is 180 Å². The van der Waals surface area contributed by atoms with Gasteiger partial charge in [-0.25, -0.2) is 0 Å². The van der Waals surface area contributed by atoms with Gasteiger partial charge in [-0.2, -0.15) is 0 Å². The molecule has 0 rings (SSSR count). The summed E-state index contributed by atoms with van der Waals surface area (Å²) in [5, 5.41) is 8.77. The summed E-state index contributed by atoms with van der Waals surface area (Å²) in [4.78, 5) is 23.3. The summed E-state index contributed by atoms with van der Waals surface area (Å²) in [6.45, 7) is 4.30. The van der Waals surface area contributed by atoms with E-state index in [1.165, 1.54) is 44.9 Å². The molecule has 0 radical (unpaired) electrons. The Kier molecular flexibility index (Phi) is 36.3. The Balaban J connectivity index is 4.03. The molecule has 0 aromatic rings. The predicted molar refractivity (Wildman–Crippen MR) is 208 cm³/mol. The van der Waals surface area contributed by atoms with E-state index in [-0.39, 0.29) is 18.5 Å². The first-order chi connectivity index (χ1) is 23.6. The van der Waals surface area contributed by atoms with Crippen LogP contribution in [0, 0.1) is 0 Å². The van der Waals surface area contributed by atoms with Crippen molar-refractivity contribution >= 4 is 11.9 Å². The molecule has 0 spiro atoms. The zero-order valence-corrected chi connectivity index (χ0v) is 31.0. The average Bonchev–Trinajstić information content (AvgIpc) is 3.07. The zero-order valence-electron chi connectivity index (χ0n) is 31.0. The van der Waals surface area contributed by atoms with Crippen LogP contribution in [0.5, 0.6) is 0 Å². The Morgan fingerprint density at radius 2 is 0.875 bits per heavy atom. The van der Waals surface area contributed by atoms with E-state index in [0.717, 1.165) is 103 Å². The number of ether oxygens (including phenoxy) is 1. The predicted octanol–water partition coefficient (Wildman–Crippen LogP) is 13.7. The van der Waals surface area contributed by atoms with Gasteiger partial charge in [0.25, 0.3) is 0 Å². The first-order valence-corrected chi connectivity index (χ1v) is 19.6. The molecule has 0 aromatic carbocycles. The maximum atomic E-state index is 12.6. The summed E-state index contributed by atoms with van der Waals surface area (Å²) in [5.74, 6) is -0.784. The monoisotopic (exact) mass is 665 g/mol. The van der Waals surface area contributed by atoms with E-state index >= 15 is 0 Å². The van der Waals surface area contributed by atoms with Gasteiger partial charge in [0.05, 0.1) is 0 Å². The lowest BCUT2D eigenvalue weighted by Crippen LogP contribution is -2.16. The molecule has 1 unspecified atom stereocenters. The normalized spacial score (nSPS) is 13.2. The molecule has 0 aliphatic heterocycles. The molecule has 0 bridgehead atoms. The molecule has 0 saturated heterocycles. The fourth-order valence-corrected chi connectivity index (χ4v) is 5.28. The summed E-state index contributed by atoms with van der Waals surface area (Å²) in [6.07, 6.45) is 56.2. The molecular formula is C44H72O4. The van der Waals surface area contributed by atoms with Crippen molar-refractivity contribution < 1.29 is 19.4 Å². The number of unbranched alkanes of at least 4 members (excludes halogenated alkanes) is 13. The summed E-state index contributed by atoms with van der Waals surface area (Å²) >= 11 is 0. The molecule has 0 aliphatic carbocycles. The van der Waals surface area contributed by atoms with Crippen LogP contribution in [0.3, 0.4) is 0 Å². The largest absolute Gasteiger partial charge is 0.481 e. The Hall–Kier alpha value is -2.88. The summed E-state index contributed by atoms with van der Waals surface area (Å²) in [7, 11) is 0. The first kappa shape index (κ1) is 45.1. The molecule has 1 N–H and O–H groups in total. The van der Waals surface area contributed by atoms with Gasteiger partial charge in [0.2, 0.25) is 0 Å². The lowest BCUT2D eigenvalue weighted by Gasteiger charge is -2.14. The van der Waals surface area contributed by atoms with Crippen molar-refractivity contribution in [2.75, 3.05) is 0 Å². The number of carbonyl (C=O) groups excluding carboxylic acids is 1. The summed E-state index contributed by atoms with van der Waals surface area (Å²) < 4.78 is 5.89. The number of carboxylic acids is 1. The minimum Gasteiger partial charge on any atom is -0.481 e. The molecule has 48 heavy (non-hydrogen) atoms. The van der Waals surface area contributed by atoms with Crippen LogP contribution in [0.2, 0.25) is 0 Å². The third-order valence-corrected chi connectivity index (χ3v) is 8.10. The van der Waals surface area contributed by atoms with Gasteiger partial charge in [-0.3, -0.25) is 9.59 Å². The first-order valence-electron chi connectivity index (χ1n) is 19.6. The highest BCUT2D eigenvalue weighted by molar-refractivity contribution is 5.69. The maximum absolute atomic E-state index is 12.6. The van der Waals surface area contributed by atoms with Crippen molar-refractivity contribution in [3.05, 3.63) is 85.1 Å². The van der Waals surface area contributed by atoms with Gasteiger partial charge in [0.1, 0.15) is 6.10 Å². The minimum absolute atomic E-state index is 0.0746. The molecule has 4 nitrogen and oxygen atoms in total. The smallest absolute Gasteiger partial charge is 0.306 e. The van der Waals surface area contributed by atoms with Gasteiger partial charge < -0.3 is 9.84 Å². The minimum atomic E-state index is -0.710. The van der Waals surface area contributed by atoms with Crippen molar-refractivity contribution in [2.24, 2.45) is 0 Å². The SMILES string of the molecule is CC/C=C\C/C=C\C/C=C\C/C=C\CCCCCCCCCCC(=O)OC(/C=C\C/C=C\C/C=C\CC)CCCCCCCCC(=O)O. The van der Waals surface area contributed by atoms with Gasteiger partial charge in [-0.05, 0) is 89.5 Å². The topological polar surface area (TPSA) is 63.6 Å². The van der Waals surface area contributed by atoms with Crippen LogP contribution < -0.4 is 0 Å². The fourth-order valence-electron chi connectivity index (χ4n) is 5.28. The molecule has 0 aliphatic rings. The molecule has 4 heteroatoms. The third-order valence-electron chi connectivity index (χ3n) is 8.10. The van der Waals surface area contributed by atoms with E-state index in [2.05, 4.69) is 98.9 Å². The number of allylic oxidation sites excluding steroid dienone is 13. The van der Waals surface area contributed by atoms with Crippen LogP contribution in [-0.4, -0.2) is 23.1 Å². The second-order valence-corrected chi connectivity index (χ2v) is 12.7. The quantitative estimate of drug-likeness (QED) is 0.0422. The molecule has 272 valence electrons. The Bertz CT molecular complexity index is 934. The van der Waals surface area contributed by atoms with Crippen molar-refractivity contribution in [3.63, 3.8) is 0 Å². The van der Waals surface area contributed by atoms with Crippen LogP contribution in [-0.2, 0) is 14.3 Å². The second-order valence-electron chi connectivity index (χ2n) is 12.7. The highest BCUT2D eigenvalue weighted by atomic mass is 16.5. The van der Waals surface area contributed by atoms with Crippen LogP contribution in [0.4, 0.5) is 0 Å². The Morgan fingerprint density at radius 3 is 1.38 bits per heavy atom. The third kappa shape index (κ3) is 37.6. The second kappa shape index (κ2) is 38.6. The lowest BCUT2D eigenvalue weighted by molar-refractivity contribution is -0.147. The molecule has 1 atom stereocenters. The Morgan fingerprint density at radius 1 is 0.479 bits per heavy atom. The number of carbonyl (C=O) groups is 2. The molecule has 0 heterocycles. The van der Waals surface area contributed by atoms with Gasteiger partial charge >= 0.3 is 11.9 Å². The molecular weight excluding hydrogens is 592 g/mol. The number of hydrogen-bond donors (Lipinski definition) is 1. The molecule has 0 aromatic heterocycles. The van der Waals surface area contributed by atoms with Gasteiger partial charge in [-0.15, -0.1) is 0 Å². The van der Waals surface area contributed by atoms with Crippen molar-refractivity contribution in [3.8, 4) is 0 Å². The van der Waals surface area contributed by atoms with E-state index in [0.29, 0.717) is 6.42 Å². The Labute approximate surface area is 296 Å². The summed E-state index contributed by atoms with van der Waals surface area (Å²) in [6, 6.07) is 0. The fraction of sp³-hybridized carbons (Fsp3) is 0.636. The standard InChI is InChI=1S/C44H72O4/c1-3-5-7-9-11-13-14-15-16-17-18-19-20-21-22-23-24-25-27-33-37-41-44(47)48-42(38-34-30-26-12-10-8-6-4-2)39-35-31-28-29-32-36-40-43(45)46/h5-8,11-13,15-16,18-19,26,34,38,42H,3-4,9-10,14,17,20-25,27-33,35-37,39-41H2,1-2H3,(H,45,46)/b7-5-,8-6-,13-11-,16-15-,19-18-,26-12-,38-34-. The number of rotatable bonds is 34. The average molecular weight is 665 g/mol. The highest BCUT2D eigenvalue weighted by Crippen LogP contribution is 2.15. The van der Waals surface area contributed by atoms with Crippen LogP contribution in [0.1, 0.15) is 174 Å². The van der Waals surface area contributed by atoms with Crippen LogP contribution >= 0.6 is 0 Å². The highest BCUT2D eigenvalue weighted by Gasteiger charge is 2.11. The van der Waals surface area contributed by atoms with E-state index < -0.39 is 5.97 Å². The van der Waals surface area contributed by atoms with Crippen LogP contribution in [0.15, 0.2) is 85.1 Å². The van der Waals surface area contributed by atoms with E-state index in [9.17, 15) is 9.59 Å². The van der Waals surface area contributed by atoms with E-state index in [1.807, 2.05) is 0 Å². The summed E-state index contributed by atoms with van der Waals surface area (Å²) in [5.41, 5.74) is 0. The molecule has 0 saturated carbocycles. The number of hydrogen-bond acceptors (Lipinski definition) is 3. The van der Waals surface area contributed by atoms with Gasteiger partial charge in [0.15, 0.2) is 0 Å².